The van der Waals surface area contributed by atoms with Crippen molar-refractivity contribution >= 4 is 0 Å². The third kappa shape index (κ3) is 4.01. The van der Waals surface area contributed by atoms with Crippen LogP contribution < -0.4 is 10.1 Å². The summed E-state index contributed by atoms with van der Waals surface area (Å²) < 4.78 is 24.0. The third-order valence-electron chi connectivity index (χ3n) is 3.27. The molecule has 0 aliphatic rings. The fraction of sp³-hybridized carbons (Fsp3) is 0.467. The lowest BCUT2D eigenvalue weighted by Crippen LogP contribution is -2.19. The van der Waals surface area contributed by atoms with Gasteiger partial charge < -0.3 is 10.1 Å². The Hall–Kier alpha value is -1.95. The molecule has 1 atom stereocenters. The largest absolute Gasteiger partial charge is 0.484 e. The van der Waals surface area contributed by atoms with Crippen molar-refractivity contribution < 1.29 is 13.8 Å². The Kier molecular flexibility index (Phi) is 5.27. The number of hydrogen-bond acceptors (Lipinski definition) is 5. The van der Waals surface area contributed by atoms with Gasteiger partial charge >= 0.3 is 0 Å². The first kappa shape index (κ1) is 15.4. The van der Waals surface area contributed by atoms with Crippen LogP contribution in [0.25, 0.3) is 0 Å². The fourth-order valence-corrected chi connectivity index (χ4v) is 1.91. The summed E-state index contributed by atoms with van der Waals surface area (Å²) in [5.41, 5.74) is 2.11. The van der Waals surface area contributed by atoms with Crippen molar-refractivity contribution in [3.63, 3.8) is 0 Å². The molecule has 1 aromatic carbocycles. The van der Waals surface area contributed by atoms with Crippen LogP contribution in [0, 0.1) is 12.7 Å². The third-order valence-corrected chi connectivity index (χ3v) is 3.27. The van der Waals surface area contributed by atoms with Crippen LogP contribution in [0.3, 0.4) is 0 Å². The number of benzene rings is 1. The van der Waals surface area contributed by atoms with E-state index < -0.39 is 0 Å². The Morgan fingerprint density at radius 1 is 1.38 bits per heavy atom. The SMILES string of the molecule is CCCNC(C)c1ccc(OCc2nonc2C)c(F)c1. The second-order valence-electron chi connectivity index (χ2n) is 4.95. The molecule has 0 aliphatic carbocycles. The lowest BCUT2D eigenvalue weighted by atomic mass is 10.1. The Morgan fingerprint density at radius 3 is 2.81 bits per heavy atom. The van der Waals surface area contributed by atoms with Gasteiger partial charge in [0.15, 0.2) is 11.6 Å². The maximum Gasteiger partial charge on any atom is 0.165 e. The maximum atomic E-state index is 14.0. The topological polar surface area (TPSA) is 60.2 Å². The molecule has 0 fully saturated rings. The minimum absolute atomic E-state index is 0.107. The lowest BCUT2D eigenvalue weighted by molar-refractivity contribution is 0.262. The fourth-order valence-electron chi connectivity index (χ4n) is 1.91. The zero-order valence-electron chi connectivity index (χ0n) is 12.5. The minimum Gasteiger partial charge on any atom is -0.484 e. The van der Waals surface area contributed by atoms with Crippen molar-refractivity contribution in [3.05, 3.63) is 41.0 Å². The van der Waals surface area contributed by atoms with Gasteiger partial charge in [0, 0.05) is 6.04 Å². The van der Waals surface area contributed by atoms with E-state index in [0.717, 1.165) is 18.5 Å². The van der Waals surface area contributed by atoms with Gasteiger partial charge in [-0.1, -0.05) is 23.3 Å². The molecule has 1 unspecified atom stereocenters. The zero-order valence-corrected chi connectivity index (χ0v) is 12.5. The van der Waals surface area contributed by atoms with E-state index in [4.69, 9.17) is 4.74 Å². The summed E-state index contributed by atoms with van der Waals surface area (Å²) in [4.78, 5) is 0. The van der Waals surface area contributed by atoms with Crippen molar-refractivity contribution in [2.45, 2.75) is 39.8 Å². The number of aryl methyl sites for hydroxylation is 1. The predicted molar refractivity (Wildman–Crippen MR) is 76.5 cm³/mol. The highest BCUT2D eigenvalue weighted by molar-refractivity contribution is 5.31. The molecule has 0 aliphatic heterocycles. The first-order valence-electron chi connectivity index (χ1n) is 7.05. The molecular weight excluding hydrogens is 273 g/mol. The second kappa shape index (κ2) is 7.17. The molecule has 0 bridgehead atoms. The molecule has 0 spiro atoms. The molecular formula is C15H20FN3O2. The van der Waals surface area contributed by atoms with E-state index in [9.17, 15) is 4.39 Å². The molecule has 114 valence electrons. The molecule has 0 radical (unpaired) electrons. The van der Waals surface area contributed by atoms with Gasteiger partial charge in [0.1, 0.15) is 18.0 Å². The van der Waals surface area contributed by atoms with Crippen LogP contribution in [-0.2, 0) is 6.61 Å². The number of rotatable bonds is 7. The summed E-state index contributed by atoms with van der Waals surface area (Å²) in [6.45, 7) is 6.90. The molecule has 2 rings (SSSR count). The Labute approximate surface area is 123 Å². The summed E-state index contributed by atoms with van der Waals surface area (Å²) in [6.07, 6.45) is 1.04. The van der Waals surface area contributed by atoms with Gasteiger partial charge in [-0.15, -0.1) is 0 Å². The Balaban J connectivity index is 2.00. The van der Waals surface area contributed by atoms with Crippen LogP contribution in [0.15, 0.2) is 22.8 Å². The first-order valence-corrected chi connectivity index (χ1v) is 7.05. The number of halogens is 1. The van der Waals surface area contributed by atoms with E-state index in [1.807, 2.05) is 13.0 Å². The highest BCUT2D eigenvalue weighted by atomic mass is 19.1. The number of ether oxygens (including phenoxy) is 1. The van der Waals surface area contributed by atoms with E-state index in [0.29, 0.717) is 11.4 Å². The first-order chi connectivity index (χ1) is 10.1. The lowest BCUT2D eigenvalue weighted by Gasteiger charge is -2.14. The average molecular weight is 293 g/mol. The van der Waals surface area contributed by atoms with Gasteiger partial charge in [0.05, 0.1) is 0 Å². The molecule has 2 aromatic rings. The summed E-state index contributed by atoms with van der Waals surface area (Å²) in [5, 5.41) is 10.7. The Bertz CT molecular complexity index is 586. The highest BCUT2D eigenvalue weighted by Gasteiger charge is 2.11. The second-order valence-corrected chi connectivity index (χ2v) is 4.95. The van der Waals surface area contributed by atoms with Crippen molar-refractivity contribution in [2.24, 2.45) is 0 Å². The van der Waals surface area contributed by atoms with Crippen molar-refractivity contribution in [2.75, 3.05) is 6.54 Å². The Morgan fingerprint density at radius 2 is 2.19 bits per heavy atom. The average Bonchev–Trinajstić information content (AvgIpc) is 2.88. The van der Waals surface area contributed by atoms with Gasteiger partial charge in [0.25, 0.3) is 0 Å². The summed E-state index contributed by atoms with van der Waals surface area (Å²) in [7, 11) is 0. The van der Waals surface area contributed by atoms with Crippen LogP contribution >= 0.6 is 0 Å². The van der Waals surface area contributed by atoms with Gasteiger partial charge in [-0.2, -0.15) is 0 Å². The molecule has 1 N–H and O–H groups in total. The zero-order chi connectivity index (χ0) is 15.2. The van der Waals surface area contributed by atoms with E-state index >= 15 is 0 Å². The quantitative estimate of drug-likeness (QED) is 0.849. The highest BCUT2D eigenvalue weighted by Crippen LogP contribution is 2.23. The number of hydrogen-bond donors (Lipinski definition) is 1. The van der Waals surface area contributed by atoms with E-state index in [1.54, 1.807) is 13.0 Å². The molecule has 0 amide bonds. The molecule has 0 saturated heterocycles. The van der Waals surface area contributed by atoms with Crippen molar-refractivity contribution in [1.82, 2.24) is 15.6 Å². The predicted octanol–water partition coefficient (Wildman–Crippen LogP) is 3.16. The molecule has 0 saturated carbocycles. The smallest absolute Gasteiger partial charge is 0.165 e. The standard InChI is InChI=1S/C15H20FN3O2/c1-4-7-17-10(2)12-5-6-15(13(16)8-12)20-9-14-11(3)18-21-19-14/h5-6,8,10,17H,4,7,9H2,1-3H3. The van der Waals surface area contributed by atoms with Gasteiger partial charge in [-0.3, -0.25) is 0 Å². The molecule has 1 heterocycles. The minimum atomic E-state index is -0.383. The van der Waals surface area contributed by atoms with E-state index in [1.165, 1.54) is 6.07 Å². The number of nitrogens with one attached hydrogen (secondary N) is 1. The van der Waals surface area contributed by atoms with Crippen molar-refractivity contribution in [1.29, 1.82) is 0 Å². The molecule has 21 heavy (non-hydrogen) atoms. The maximum absolute atomic E-state index is 14.0. The normalized spacial score (nSPS) is 12.4. The van der Waals surface area contributed by atoms with E-state index in [2.05, 4.69) is 27.2 Å². The summed E-state index contributed by atoms with van der Waals surface area (Å²) in [6, 6.07) is 5.10. The monoisotopic (exact) mass is 293 g/mol. The van der Waals surface area contributed by atoms with E-state index in [-0.39, 0.29) is 24.2 Å². The van der Waals surface area contributed by atoms with Crippen LogP contribution in [0.1, 0.15) is 43.3 Å². The van der Waals surface area contributed by atoms with Gasteiger partial charge in [-0.25, -0.2) is 9.02 Å². The van der Waals surface area contributed by atoms with Gasteiger partial charge in [-0.05, 0) is 44.5 Å². The van der Waals surface area contributed by atoms with Crippen LogP contribution in [0.4, 0.5) is 4.39 Å². The van der Waals surface area contributed by atoms with Crippen molar-refractivity contribution in [3.8, 4) is 5.75 Å². The molecule has 5 nitrogen and oxygen atoms in total. The summed E-state index contributed by atoms with van der Waals surface area (Å²) >= 11 is 0. The number of nitrogens with zero attached hydrogens (tertiary/aromatic N) is 2. The number of aromatic nitrogens is 2. The van der Waals surface area contributed by atoms with Crippen LogP contribution in [0.5, 0.6) is 5.75 Å². The van der Waals surface area contributed by atoms with Crippen LogP contribution in [0.2, 0.25) is 0 Å². The molecule has 6 heteroatoms. The molecule has 1 aromatic heterocycles. The van der Waals surface area contributed by atoms with Crippen LogP contribution in [-0.4, -0.2) is 16.9 Å². The summed E-state index contributed by atoms with van der Waals surface area (Å²) in [5.74, 6) is -0.185. The van der Waals surface area contributed by atoms with Gasteiger partial charge in [0.2, 0.25) is 0 Å².